The van der Waals surface area contributed by atoms with Gasteiger partial charge >= 0.3 is 0 Å². The zero-order chi connectivity index (χ0) is 20.5. The average Bonchev–Trinajstić information content (AvgIpc) is 2.74. The molecule has 6 nitrogen and oxygen atoms in total. The Morgan fingerprint density at radius 2 is 2.07 bits per heavy atom. The van der Waals surface area contributed by atoms with E-state index in [1.165, 1.54) is 5.56 Å². The third-order valence-electron chi connectivity index (χ3n) is 4.76. The minimum atomic E-state index is 0.234. The number of hydrogen-bond acceptors (Lipinski definition) is 4. The molecule has 0 amide bonds. The van der Waals surface area contributed by atoms with Crippen LogP contribution in [0, 0.1) is 0 Å². The van der Waals surface area contributed by atoms with E-state index >= 15 is 0 Å². The Bertz CT molecular complexity index is 796. The Labute approximate surface area is 178 Å². The van der Waals surface area contributed by atoms with Gasteiger partial charge in [0.05, 0.1) is 19.3 Å². The number of halogens is 1. The second-order valence-electron chi connectivity index (χ2n) is 7.15. The van der Waals surface area contributed by atoms with E-state index in [0.717, 1.165) is 61.6 Å². The highest BCUT2D eigenvalue weighted by Crippen LogP contribution is 2.17. The minimum absolute atomic E-state index is 0.234. The number of aromatic nitrogens is 1. The fraction of sp³-hybridized carbons (Fsp3) is 0.455. The quantitative estimate of drug-likeness (QED) is 0.537. The Hall–Kier alpha value is -2.31. The minimum Gasteiger partial charge on any atom is -0.375 e. The lowest BCUT2D eigenvalue weighted by Gasteiger charge is -2.32. The molecular weight excluding hydrogens is 386 g/mol. The van der Waals surface area contributed by atoms with Crippen LogP contribution in [0.25, 0.3) is 0 Å². The van der Waals surface area contributed by atoms with Crippen molar-refractivity contribution in [3.05, 3.63) is 58.7 Å². The van der Waals surface area contributed by atoms with Crippen molar-refractivity contribution >= 4 is 23.4 Å². The third-order valence-corrected chi connectivity index (χ3v) is 5.01. The van der Waals surface area contributed by atoms with Crippen molar-refractivity contribution in [2.75, 3.05) is 37.7 Å². The number of anilines is 1. The lowest BCUT2D eigenvalue weighted by Crippen LogP contribution is -2.41. The van der Waals surface area contributed by atoms with E-state index in [2.05, 4.69) is 52.6 Å². The van der Waals surface area contributed by atoms with Crippen LogP contribution in [0.1, 0.15) is 25.0 Å². The number of aliphatic imine (C=N–C) groups is 1. The molecule has 1 aromatic heterocycles. The second kappa shape index (κ2) is 11.0. The number of morpholine rings is 1. The molecule has 1 atom stereocenters. The van der Waals surface area contributed by atoms with Crippen molar-refractivity contribution in [2.45, 2.75) is 32.9 Å². The number of rotatable bonds is 7. The molecule has 1 fully saturated rings. The highest BCUT2D eigenvalue weighted by atomic mass is 35.5. The molecule has 2 aromatic rings. The van der Waals surface area contributed by atoms with Gasteiger partial charge in [-0.05, 0) is 55.7 Å². The summed E-state index contributed by atoms with van der Waals surface area (Å²) in [6.07, 6.45) is 3.01. The fourth-order valence-electron chi connectivity index (χ4n) is 3.25. The average molecular weight is 416 g/mol. The topological polar surface area (TPSA) is 61.8 Å². The molecule has 1 unspecified atom stereocenters. The fourth-order valence-corrected chi connectivity index (χ4v) is 3.37. The van der Waals surface area contributed by atoms with Gasteiger partial charge in [-0.25, -0.2) is 9.98 Å². The molecule has 1 aliphatic heterocycles. The molecule has 0 aliphatic carbocycles. The molecule has 156 valence electrons. The molecule has 0 spiro atoms. The monoisotopic (exact) mass is 415 g/mol. The first kappa shape index (κ1) is 21.4. The summed E-state index contributed by atoms with van der Waals surface area (Å²) in [5, 5.41) is 7.47. The summed E-state index contributed by atoms with van der Waals surface area (Å²) in [4.78, 5) is 11.5. The van der Waals surface area contributed by atoms with Gasteiger partial charge in [-0.2, -0.15) is 0 Å². The molecule has 0 bridgehead atoms. The smallest absolute Gasteiger partial charge is 0.191 e. The van der Waals surface area contributed by atoms with E-state index in [0.29, 0.717) is 6.54 Å². The molecule has 29 heavy (non-hydrogen) atoms. The Morgan fingerprint density at radius 3 is 2.83 bits per heavy atom. The van der Waals surface area contributed by atoms with Crippen molar-refractivity contribution in [2.24, 2.45) is 4.99 Å². The van der Waals surface area contributed by atoms with E-state index in [4.69, 9.17) is 21.3 Å². The van der Waals surface area contributed by atoms with Crippen molar-refractivity contribution in [3.8, 4) is 0 Å². The van der Waals surface area contributed by atoms with Crippen molar-refractivity contribution in [1.29, 1.82) is 0 Å². The molecule has 1 aliphatic rings. The first-order valence-corrected chi connectivity index (χ1v) is 10.6. The predicted molar refractivity (Wildman–Crippen MR) is 120 cm³/mol. The maximum Gasteiger partial charge on any atom is 0.191 e. The number of guanidine groups is 1. The molecule has 1 aromatic carbocycles. The number of nitrogens with zero attached hydrogens (tertiary/aromatic N) is 3. The van der Waals surface area contributed by atoms with Crippen LogP contribution in [0.4, 0.5) is 5.82 Å². The summed E-state index contributed by atoms with van der Waals surface area (Å²) >= 11 is 5.95. The highest BCUT2D eigenvalue weighted by Gasteiger charge is 2.17. The lowest BCUT2D eigenvalue weighted by atomic mass is 10.1. The van der Waals surface area contributed by atoms with E-state index in [-0.39, 0.29) is 6.10 Å². The zero-order valence-electron chi connectivity index (χ0n) is 17.2. The second-order valence-corrected chi connectivity index (χ2v) is 7.58. The number of benzene rings is 1. The number of pyridine rings is 1. The Morgan fingerprint density at radius 1 is 1.24 bits per heavy atom. The van der Waals surface area contributed by atoms with Gasteiger partial charge in [-0.3, -0.25) is 0 Å². The van der Waals surface area contributed by atoms with Gasteiger partial charge in [0.15, 0.2) is 5.96 Å². The van der Waals surface area contributed by atoms with Gasteiger partial charge in [0.25, 0.3) is 0 Å². The van der Waals surface area contributed by atoms with Crippen LogP contribution in [-0.2, 0) is 17.7 Å². The maximum atomic E-state index is 5.95. The van der Waals surface area contributed by atoms with Crippen LogP contribution in [0.15, 0.2) is 47.6 Å². The van der Waals surface area contributed by atoms with E-state index in [9.17, 15) is 0 Å². The number of ether oxygens (including phenoxy) is 1. The summed E-state index contributed by atoms with van der Waals surface area (Å²) in [7, 11) is 0. The summed E-state index contributed by atoms with van der Waals surface area (Å²) < 4.78 is 5.63. The zero-order valence-corrected chi connectivity index (χ0v) is 18.0. The molecular formula is C22H30ClN5O. The van der Waals surface area contributed by atoms with Crippen molar-refractivity contribution in [3.63, 3.8) is 0 Å². The summed E-state index contributed by atoms with van der Waals surface area (Å²) in [6, 6.07) is 12.1. The van der Waals surface area contributed by atoms with E-state index < -0.39 is 0 Å². The SMILES string of the molecule is CCNC(=NCc1ccnc(N2CCOC(C)C2)c1)NCCc1ccc(Cl)cc1. The van der Waals surface area contributed by atoms with E-state index in [1.807, 2.05) is 24.4 Å². The van der Waals surface area contributed by atoms with Crippen LogP contribution in [0.3, 0.4) is 0 Å². The van der Waals surface area contributed by atoms with Gasteiger partial charge in [-0.1, -0.05) is 23.7 Å². The normalized spacial score (nSPS) is 17.3. The van der Waals surface area contributed by atoms with Crippen LogP contribution in [0.5, 0.6) is 0 Å². The molecule has 7 heteroatoms. The molecule has 0 radical (unpaired) electrons. The summed E-state index contributed by atoms with van der Waals surface area (Å²) in [5.74, 6) is 1.81. The first-order chi connectivity index (χ1) is 14.1. The summed E-state index contributed by atoms with van der Waals surface area (Å²) in [6.45, 7) is 8.88. The third kappa shape index (κ3) is 6.91. The molecule has 1 saturated heterocycles. The summed E-state index contributed by atoms with van der Waals surface area (Å²) in [5.41, 5.74) is 2.39. The predicted octanol–water partition coefficient (Wildman–Crippen LogP) is 3.26. The molecule has 2 N–H and O–H groups in total. The van der Waals surface area contributed by atoms with Crippen molar-refractivity contribution < 1.29 is 4.74 Å². The lowest BCUT2D eigenvalue weighted by molar-refractivity contribution is 0.0529. The standard InChI is InChI=1S/C22H30ClN5O/c1-3-24-22(26-11-8-18-4-6-20(23)7-5-18)27-15-19-9-10-25-21(14-19)28-12-13-29-17(2)16-28/h4-7,9-10,14,17H,3,8,11-13,15-16H2,1-2H3,(H2,24,26,27). The first-order valence-electron chi connectivity index (χ1n) is 10.2. The van der Waals surface area contributed by atoms with Gasteiger partial charge in [0.1, 0.15) is 5.82 Å². The van der Waals surface area contributed by atoms with Gasteiger partial charge in [0.2, 0.25) is 0 Å². The molecule has 2 heterocycles. The Kier molecular flexibility index (Phi) is 8.14. The number of nitrogens with one attached hydrogen (secondary N) is 2. The molecule has 3 rings (SSSR count). The maximum absolute atomic E-state index is 5.95. The number of hydrogen-bond donors (Lipinski definition) is 2. The van der Waals surface area contributed by atoms with Crippen molar-refractivity contribution in [1.82, 2.24) is 15.6 Å². The highest BCUT2D eigenvalue weighted by molar-refractivity contribution is 6.30. The molecule has 0 saturated carbocycles. The van der Waals surface area contributed by atoms with Gasteiger partial charge in [0, 0.05) is 37.4 Å². The van der Waals surface area contributed by atoms with Gasteiger partial charge < -0.3 is 20.3 Å². The van der Waals surface area contributed by atoms with Crippen LogP contribution < -0.4 is 15.5 Å². The van der Waals surface area contributed by atoms with Crippen LogP contribution in [0.2, 0.25) is 5.02 Å². The largest absolute Gasteiger partial charge is 0.375 e. The van der Waals surface area contributed by atoms with Crippen LogP contribution >= 0.6 is 11.6 Å². The van der Waals surface area contributed by atoms with Gasteiger partial charge in [-0.15, -0.1) is 0 Å². The van der Waals surface area contributed by atoms with E-state index in [1.54, 1.807) is 0 Å². The Balaban J connectivity index is 1.56. The van der Waals surface area contributed by atoms with Crippen LogP contribution in [-0.4, -0.2) is 49.8 Å².